The number of hydrogen-bond acceptors (Lipinski definition) is 19. The molecule has 0 unspecified atom stereocenters. The number of nitriles is 2. The highest BCUT2D eigenvalue weighted by atomic mass is 16.4. The summed E-state index contributed by atoms with van der Waals surface area (Å²) < 4.78 is 33.3. The van der Waals surface area contributed by atoms with Gasteiger partial charge in [-0.15, -0.1) is 0 Å². The molecular weight excluding hydrogens is 1860 g/mol. The lowest BCUT2D eigenvalue weighted by molar-refractivity contribution is 0.608. The molecule has 17 heterocycles. The summed E-state index contributed by atoms with van der Waals surface area (Å²) in [5.41, 5.74) is 38.2. The van der Waals surface area contributed by atoms with E-state index in [1.165, 1.54) is 99.1 Å². The number of fused-ring (bicyclic) bond motifs is 24. The van der Waals surface area contributed by atoms with E-state index in [1.54, 1.807) is 30.6 Å². The summed E-state index contributed by atoms with van der Waals surface area (Å²) in [6.07, 6.45) is 6.82. The van der Waals surface area contributed by atoms with E-state index in [0.29, 0.717) is 85.3 Å². The number of aromatic nitrogens is 13. The lowest BCUT2D eigenvalue weighted by Crippen LogP contribution is -2.18. The van der Waals surface area contributed by atoms with Crippen molar-refractivity contribution in [1.82, 2.24) is 63.1 Å². The molecule has 29 aromatic rings. The second kappa shape index (κ2) is 33.6. The Hall–Kier alpha value is -21.5. The molecule has 0 fully saturated rings. The van der Waals surface area contributed by atoms with E-state index in [2.05, 4.69) is 419 Å². The number of para-hydroxylation sites is 16. The van der Waals surface area contributed by atoms with Gasteiger partial charge in [0.2, 0.25) is 29.3 Å². The fraction of sp³-hybridized carbons (Fsp3) is 0. The van der Waals surface area contributed by atoms with Crippen LogP contribution >= 0.6 is 0 Å². The Labute approximate surface area is 852 Å². The fourth-order valence-corrected chi connectivity index (χ4v) is 22.2. The van der Waals surface area contributed by atoms with Crippen molar-refractivity contribution in [3.05, 3.63) is 454 Å². The summed E-state index contributed by atoms with van der Waals surface area (Å²) in [5.74, 6) is 2.00. The van der Waals surface area contributed by atoms with Gasteiger partial charge in [-0.2, -0.15) is 25.5 Å². The van der Waals surface area contributed by atoms with Gasteiger partial charge in [0.15, 0.2) is 33.7 Å². The molecule has 0 saturated carbocycles. The van der Waals surface area contributed by atoms with E-state index in [0.717, 1.165) is 113 Å². The van der Waals surface area contributed by atoms with Gasteiger partial charge in [-0.05, 0) is 231 Å². The van der Waals surface area contributed by atoms with Crippen molar-refractivity contribution in [1.29, 1.82) is 10.5 Å². The number of nitrogens with zero attached hydrogens (tertiary/aromatic N) is 19. The third-order valence-electron chi connectivity index (χ3n) is 28.7. The van der Waals surface area contributed by atoms with E-state index < -0.39 is 0 Å². The summed E-state index contributed by atoms with van der Waals surface area (Å²) in [4.78, 5) is 49.8. The molecule has 150 heavy (non-hydrogen) atoms. The third-order valence-corrected chi connectivity index (χ3v) is 28.7. The second-order valence-electron chi connectivity index (χ2n) is 37.0. The standard InChI is InChI=1S/C37H21N5O.C31H17N5O.C30H18N4O.C29H17N5O/c38-22-23-15-17-24(18-16-23)36-40-30-20-19-29(39-37(30)43-36)25-7-5-8-26(21-25)41-32-12-3-4-13-33(32)42-31-11-2-1-9-27(31)28-10-6-14-34(41)35(28)42;32-17-19-16-28-30(33-18-19)34-31(37-28)20-12-14-21(15-13-20)35-25-9-3-4-10-26(25)36-24-8-2-1-6-22(24)23-7-5-11-27(35)29(23)36;1-2-9-23-21(7-1)22-8-5-12-26-28(22)34(23)25-11-4-3-10-24(25)33(26)20-16-14-19(15-17-20)30-32-29-27(35-30)13-6-18-31-29;1-2-9-22-19(7-1)20-8-5-12-25-27(20)34(22)24-11-4-3-10-23(24)33(25)18-14-15-21(31-17-18)29-32-28-26(35-29)13-6-16-30-28/h1-21H;1-16,18H;1-18H;1-17H. The summed E-state index contributed by atoms with van der Waals surface area (Å²) in [6.45, 7) is 0. The molecular formula is C127H73N19O4. The maximum absolute atomic E-state index is 9.14. The smallest absolute Gasteiger partial charge is 0.247 e. The lowest BCUT2D eigenvalue weighted by Gasteiger charge is -2.33. The van der Waals surface area contributed by atoms with Crippen LogP contribution in [0.25, 0.3) is 212 Å². The molecule has 13 aromatic heterocycles. The Bertz CT molecular complexity index is 10400. The quantitative estimate of drug-likeness (QED) is 0.130. The fourth-order valence-electron chi connectivity index (χ4n) is 22.2. The van der Waals surface area contributed by atoms with E-state index >= 15 is 0 Å². The van der Waals surface area contributed by atoms with Crippen LogP contribution in [0.4, 0.5) is 68.2 Å². The van der Waals surface area contributed by atoms with Crippen LogP contribution < -0.4 is 19.6 Å². The van der Waals surface area contributed by atoms with Crippen molar-refractivity contribution in [2.75, 3.05) is 19.6 Å². The van der Waals surface area contributed by atoms with Gasteiger partial charge in [-0.3, -0.25) is 0 Å². The van der Waals surface area contributed by atoms with E-state index in [1.807, 2.05) is 72.9 Å². The first-order valence-corrected chi connectivity index (χ1v) is 49.1. The average molecular weight is 1930 g/mol. The number of oxazole rings is 4. The van der Waals surface area contributed by atoms with Gasteiger partial charge in [0.1, 0.15) is 17.3 Å². The van der Waals surface area contributed by atoms with Crippen molar-refractivity contribution in [2.24, 2.45) is 0 Å². The van der Waals surface area contributed by atoms with Crippen LogP contribution in [0.3, 0.4) is 0 Å². The Kier molecular flexibility index (Phi) is 18.9. The minimum absolute atomic E-state index is 0.445. The van der Waals surface area contributed by atoms with Gasteiger partial charge in [-0.25, -0.2) is 29.9 Å². The van der Waals surface area contributed by atoms with Crippen LogP contribution in [0, 0.1) is 22.7 Å². The average Bonchev–Trinajstić information content (AvgIpc) is 1.55. The van der Waals surface area contributed by atoms with E-state index in [-0.39, 0.29) is 0 Å². The topological polar surface area (TPSA) is 249 Å². The molecule has 23 heteroatoms. The van der Waals surface area contributed by atoms with Gasteiger partial charge >= 0.3 is 0 Å². The van der Waals surface area contributed by atoms with Crippen LogP contribution in [0.2, 0.25) is 0 Å². The first-order chi connectivity index (χ1) is 74.3. The third kappa shape index (κ3) is 13.2. The van der Waals surface area contributed by atoms with Gasteiger partial charge in [0, 0.05) is 107 Å². The predicted octanol–water partition coefficient (Wildman–Crippen LogP) is 31.9. The lowest BCUT2D eigenvalue weighted by atomic mass is 10.1. The zero-order chi connectivity index (χ0) is 98.9. The molecule has 0 aliphatic carbocycles. The molecule has 4 aliphatic heterocycles. The molecule has 0 radical (unpaired) electrons. The molecule has 0 N–H and O–H groups in total. The highest BCUT2D eigenvalue weighted by Crippen LogP contribution is 2.56. The van der Waals surface area contributed by atoms with Crippen molar-refractivity contribution < 1.29 is 17.7 Å². The highest BCUT2D eigenvalue weighted by Gasteiger charge is 2.35. The van der Waals surface area contributed by atoms with Gasteiger partial charge < -0.3 is 55.5 Å². The Morgan fingerprint density at radius 1 is 0.213 bits per heavy atom. The predicted molar refractivity (Wildman–Crippen MR) is 592 cm³/mol. The Balaban J connectivity index is 0.0000000922. The minimum atomic E-state index is 0.445. The second-order valence-corrected chi connectivity index (χ2v) is 37.0. The Morgan fingerprint density at radius 2 is 0.567 bits per heavy atom. The maximum Gasteiger partial charge on any atom is 0.247 e. The zero-order valence-corrected chi connectivity index (χ0v) is 79.3. The van der Waals surface area contributed by atoms with E-state index in [9.17, 15) is 0 Å². The number of benzene rings is 16. The van der Waals surface area contributed by atoms with E-state index in [4.69, 9.17) is 38.2 Å². The van der Waals surface area contributed by atoms with Crippen molar-refractivity contribution >= 4 is 200 Å². The minimum Gasteiger partial charge on any atom is -0.434 e. The monoisotopic (exact) mass is 1930 g/mol. The molecule has 0 saturated heterocycles. The molecule has 0 spiro atoms. The number of pyridine rings is 5. The molecule has 23 nitrogen and oxygen atoms in total. The van der Waals surface area contributed by atoms with Crippen LogP contribution in [-0.4, -0.2) is 63.1 Å². The van der Waals surface area contributed by atoms with Gasteiger partial charge in [0.05, 0.1) is 147 Å². The SMILES string of the molecule is N#Cc1ccc(-c2nc3ccc(-c4cccc(N5c6ccccc6-n6c7ccccc7c7cccc5c76)c4)nc3o2)cc1.N#Cc1cnc2nc(-c3ccc(N4c5ccccc5-n5c6ccccc6c6cccc4c65)cc3)oc2c1.c1ccc2c(c1)N(c1ccc(-c3nc4ncccc4o3)cc1)c1cccc3c4ccccc4n-2c13.c1ccc2c(c1)N(c1ccc(-c3nc4ncccc4o3)nc1)c1cccc3c4ccccc4n-2c13. The maximum atomic E-state index is 9.14. The van der Waals surface area contributed by atoms with Gasteiger partial charge in [0.25, 0.3) is 0 Å². The van der Waals surface area contributed by atoms with Crippen LogP contribution in [0.15, 0.2) is 461 Å². The number of hydrogen-bond donors (Lipinski definition) is 0. The summed E-state index contributed by atoms with van der Waals surface area (Å²) in [6, 6.07) is 148. The molecule has 4 aliphatic rings. The number of anilines is 12. The van der Waals surface area contributed by atoms with Crippen LogP contribution in [0.1, 0.15) is 11.1 Å². The van der Waals surface area contributed by atoms with Crippen molar-refractivity contribution in [2.45, 2.75) is 0 Å². The molecule has 0 bridgehead atoms. The first kappa shape index (κ1) is 84.2. The zero-order valence-electron chi connectivity index (χ0n) is 79.3. The first-order valence-electron chi connectivity index (χ1n) is 49.1. The normalized spacial score (nSPS) is 12.3. The number of rotatable bonds is 9. The van der Waals surface area contributed by atoms with Crippen molar-refractivity contribution in [3.63, 3.8) is 0 Å². The molecule has 16 aromatic carbocycles. The largest absolute Gasteiger partial charge is 0.434 e. The van der Waals surface area contributed by atoms with Gasteiger partial charge in [-0.1, -0.05) is 182 Å². The highest BCUT2D eigenvalue weighted by molar-refractivity contribution is 6.21. The molecule has 0 atom stereocenters. The van der Waals surface area contributed by atoms with Crippen LogP contribution in [0.5, 0.6) is 0 Å². The van der Waals surface area contributed by atoms with Crippen molar-refractivity contribution in [3.8, 4) is 92.1 Å². The molecule has 700 valence electrons. The summed E-state index contributed by atoms with van der Waals surface area (Å²) in [5, 5.41) is 28.2. The summed E-state index contributed by atoms with van der Waals surface area (Å²) >= 11 is 0. The molecule has 0 amide bonds. The molecule has 33 rings (SSSR count). The summed E-state index contributed by atoms with van der Waals surface area (Å²) in [7, 11) is 0. The van der Waals surface area contributed by atoms with Crippen LogP contribution in [-0.2, 0) is 0 Å². The Morgan fingerprint density at radius 3 is 1.00 bits per heavy atom.